The van der Waals surface area contributed by atoms with Crippen molar-refractivity contribution in [3.63, 3.8) is 0 Å². The lowest BCUT2D eigenvalue weighted by Crippen LogP contribution is -2.12. The molecule has 9 heteroatoms. The van der Waals surface area contributed by atoms with Crippen LogP contribution in [0.15, 0.2) is 47.8 Å². The van der Waals surface area contributed by atoms with Crippen LogP contribution in [0.25, 0.3) is 0 Å². The van der Waals surface area contributed by atoms with Gasteiger partial charge in [0.05, 0.1) is 31.9 Å². The van der Waals surface area contributed by atoms with Crippen LogP contribution in [0.1, 0.15) is 21.1 Å². The first-order chi connectivity index (χ1) is 14.5. The van der Waals surface area contributed by atoms with Crippen molar-refractivity contribution in [3.8, 4) is 17.2 Å². The number of ether oxygens (including phenoxy) is 4. The summed E-state index contributed by atoms with van der Waals surface area (Å²) in [6.45, 7) is 0.203. The van der Waals surface area contributed by atoms with Crippen LogP contribution in [0.2, 0.25) is 0 Å². The first kappa shape index (κ1) is 21.3. The summed E-state index contributed by atoms with van der Waals surface area (Å²) in [4.78, 5) is 28.2. The third-order valence-corrected chi connectivity index (χ3v) is 4.78. The Labute approximate surface area is 176 Å². The van der Waals surface area contributed by atoms with Gasteiger partial charge < -0.3 is 18.9 Å². The van der Waals surface area contributed by atoms with Crippen molar-refractivity contribution in [2.45, 2.75) is 13.0 Å². The molecule has 3 rings (SSSR count). The Morgan fingerprint density at radius 2 is 1.83 bits per heavy atom. The summed E-state index contributed by atoms with van der Waals surface area (Å²) in [5, 5.41) is 2.41. The fourth-order valence-corrected chi connectivity index (χ4v) is 3.18. The number of aromatic nitrogens is 1. The van der Waals surface area contributed by atoms with Crippen LogP contribution < -0.4 is 14.2 Å². The second-order valence-corrected chi connectivity index (χ2v) is 6.93. The highest BCUT2D eigenvalue weighted by Gasteiger charge is 2.16. The van der Waals surface area contributed by atoms with Gasteiger partial charge in [0.1, 0.15) is 23.2 Å². The van der Waals surface area contributed by atoms with Gasteiger partial charge in [0.15, 0.2) is 11.5 Å². The van der Waals surface area contributed by atoms with E-state index >= 15 is 0 Å². The number of hydrogen-bond donors (Lipinski definition) is 0. The van der Waals surface area contributed by atoms with Crippen molar-refractivity contribution in [2.24, 2.45) is 0 Å². The predicted molar refractivity (Wildman–Crippen MR) is 107 cm³/mol. The van der Waals surface area contributed by atoms with Crippen molar-refractivity contribution in [1.82, 2.24) is 4.98 Å². The Balaban J connectivity index is 1.57. The lowest BCUT2D eigenvalue weighted by molar-refractivity contribution is -0.133. The van der Waals surface area contributed by atoms with Gasteiger partial charge >= 0.3 is 11.9 Å². The summed E-state index contributed by atoms with van der Waals surface area (Å²) < 4.78 is 33.6. The number of hydrogen-bond acceptors (Lipinski definition) is 8. The maximum absolute atomic E-state index is 12.9. The standard InChI is InChI=1S/C21H18FNO6S/c1-26-18-9-13(21(25)27-2)3-8-17(18)29-20(24)10-15-12-30-19(23-15)11-28-16-6-4-14(22)5-7-16/h3-9,12H,10-11H2,1-2H3. The highest BCUT2D eigenvalue weighted by Crippen LogP contribution is 2.29. The molecule has 0 saturated carbocycles. The van der Waals surface area contributed by atoms with E-state index in [1.807, 2.05) is 0 Å². The van der Waals surface area contributed by atoms with Crippen LogP contribution in [0, 0.1) is 5.82 Å². The van der Waals surface area contributed by atoms with Crippen LogP contribution in [0.5, 0.6) is 17.2 Å². The fourth-order valence-electron chi connectivity index (χ4n) is 2.48. The number of esters is 2. The average Bonchev–Trinajstić information content (AvgIpc) is 3.20. The Morgan fingerprint density at radius 3 is 2.53 bits per heavy atom. The monoisotopic (exact) mass is 431 g/mol. The second-order valence-electron chi connectivity index (χ2n) is 5.98. The predicted octanol–water partition coefficient (Wildman–Crippen LogP) is 3.80. The van der Waals surface area contributed by atoms with Crippen molar-refractivity contribution in [2.75, 3.05) is 14.2 Å². The highest BCUT2D eigenvalue weighted by atomic mass is 32.1. The van der Waals surface area contributed by atoms with Gasteiger partial charge in [-0.25, -0.2) is 14.2 Å². The van der Waals surface area contributed by atoms with Gasteiger partial charge in [-0.1, -0.05) is 0 Å². The summed E-state index contributed by atoms with van der Waals surface area (Å²) in [5.74, 6) is -0.452. The zero-order valence-corrected chi connectivity index (χ0v) is 17.0. The van der Waals surface area contributed by atoms with E-state index in [4.69, 9.17) is 14.2 Å². The van der Waals surface area contributed by atoms with Crippen LogP contribution in [-0.4, -0.2) is 31.1 Å². The van der Waals surface area contributed by atoms with Gasteiger partial charge in [0.2, 0.25) is 0 Å². The van der Waals surface area contributed by atoms with Crippen molar-refractivity contribution < 1.29 is 32.9 Å². The maximum atomic E-state index is 12.9. The SMILES string of the molecule is COC(=O)c1ccc(OC(=O)Cc2csc(COc3ccc(F)cc3)n2)c(OC)c1. The molecule has 1 heterocycles. The molecule has 0 saturated heterocycles. The van der Waals surface area contributed by atoms with E-state index in [2.05, 4.69) is 9.72 Å². The third-order valence-electron chi connectivity index (χ3n) is 3.91. The molecule has 0 spiro atoms. The molecule has 2 aromatic carbocycles. The molecule has 0 aliphatic rings. The molecular formula is C21H18FNO6S. The van der Waals surface area contributed by atoms with Gasteiger partial charge in [-0.05, 0) is 42.5 Å². The van der Waals surface area contributed by atoms with Gasteiger partial charge in [0.25, 0.3) is 0 Å². The number of thiazole rings is 1. The van der Waals surface area contributed by atoms with Gasteiger partial charge in [-0.2, -0.15) is 0 Å². The molecule has 0 fully saturated rings. The zero-order chi connectivity index (χ0) is 21.5. The molecule has 0 unspecified atom stereocenters. The smallest absolute Gasteiger partial charge is 0.337 e. The molecule has 0 N–H and O–H groups in total. The number of carbonyl (C=O) groups excluding carboxylic acids is 2. The van der Waals surface area contributed by atoms with Gasteiger partial charge in [-0.15, -0.1) is 11.3 Å². The molecule has 1 aromatic heterocycles. The van der Waals surface area contributed by atoms with Crippen LogP contribution in [0.3, 0.4) is 0 Å². The maximum Gasteiger partial charge on any atom is 0.337 e. The van der Waals surface area contributed by atoms with E-state index in [-0.39, 0.29) is 35.9 Å². The van der Waals surface area contributed by atoms with Crippen molar-refractivity contribution in [3.05, 3.63) is 69.9 Å². The summed E-state index contributed by atoms with van der Waals surface area (Å²) in [7, 11) is 2.68. The molecule has 0 bridgehead atoms. The molecule has 0 radical (unpaired) electrons. The molecule has 7 nitrogen and oxygen atoms in total. The van der Waals surface area contributed by atoms with E-state index in [1.165, 1.54) is 68.0 Å². The minimum Gasteiger partial charge on any atom is -0.493 e. The number of halogens is 1. The Bertz CT molecular complexity index is 1030. The van der Waals surface area contributed by atoms with E-state index < -0.39 is 11.9 Å². The normalized spacial score (nSPS) is 10.4. The van der Waals surface area contributed by atoms with Crippen molar-refractivity contribution >= 4 is 23.3 Å². The van der Waals surface area contributed by atoms with Crippen LogP contribution in [-0.2, 0) is 22.6 Å². The molecule has 30 heavy (non-hydrogen) atoms. The minimum atomic E-state index is -0.532. The van der Waals surface area contributed by atoms with E-state index in [1.54, 1.807) is 5.38 Å². The van der Waals surface area contributed by atoms with Gasteiger partial charge in [-0.3, -0.25) is 4.79 Å². The van der Waals surface area contributed by atoms with Crippen LogP contribution >= 0.6 is 11.3 Å². The van der Waals surface area contributed by atoms with E-state index in [9.17, 15) is 14.0 Å². The minimum absolute atomic E-state index is 0.0467. The second kappa shape index (κ2) is 9.84. The Hall–Kier alpha value is -3.46. The molecule has 3 aromatic rings. The quantitative estimate of drug-likeness (QED) is 0.396. The number of nitrogens with zero attached hydrogens (tertiary/aromatic N) is 1. The summed E-state index contributed by atoms with van der Waals surface area (Å²) in [6, 6.07) is 10.0. The number of rotatable bonds is 8. The molecular weight excluding hydrogens is 413 g/mol. The fraction of sp³-hybridized carbons (Fsp3) is 0.190. The topological polar surface area (TPSA) is 84.0 Å². The number of benzene rings is 2. The van der Waals surface area contributed by atoms with Crippen molar-refractivity contribution in [1.29, 1.82) is 0 Å². The highest BCUT2D eigenvalue weighted by molar-refractivity contribution is 7.09. The molecule has 0 amide bonds. The van der Waals surface area contributed by atoms with E-state index in [0.717, 1.165) is 0 Å². The Kier molecular flexibility index (Phi) is 6.97. The molecule has 0 aliphatic heterocycles. The molecule has 156 valence electrons. The lowest BCUT2D eigenvalue weighted by atomic mass is 10.2. The third kappa shape index (κ3) is 5.54. The molecule has 0 aliphatic carbocycles. The average molecular weight is 431 g/mol. The van der Waals surface area contributed by atoms with Crippen LogP contribution in [0.4, 0.5) is 4.39 Å². The first-order valence-electron chi connectivity index (χ1n) is 8.77. The summed E-state index contributed by atoms with van der Waals surface area (Å²) in [5.41, 5.74) is 0.812. The number of methoxy groups -OCH3 is 2. The molecule has 0 atom stereocenters. The van der Waals surface area contributed by atoms with E-state index in [0.29, 0.717) is 16.5 Å². The zero-order valence-electron chi connectivity index (χ0n) is 16.2. The summed E-state index contributed by atoms with van der Waals surface area (Å²) >= 11 is 1.34. The largest absolute Gasteiger partial charge is 0.493 e. The Morgan fingerprint density at radius 1 is 1.07 bits per heavy atom. The van der Waals surface area contributed by atoms with Gasteiger partial charge in [0, 0.05) is 5.38 Å². The summed E-state index contributed by atoms with van der Waals surface area (Å²) in [6.07, 6.45) is -0.0467. The lowest BCUT2D eigenvalue weighted by Gasteiger charge is -2.10. The first-order valence-corrected chi connectivity index (χ1v) is 9.65. The number of carbonyl (C=O) groups is 2.